The van der Waals surface area contributed by atoms with Gasteiger partial charge in [0.1, 0.15) is 0 Å². The van der Waals surface area contributed by atoms with Gasteiger partial charge in [0.15, 0.2) is 0 Å². The molecule has 0 rings (SSSR count). The standard InChI is InChI=1S/C3H5F3.CH5N.ClH/c1-2-3(4,5)6;1-2;/h2H2,1H3;2H2,1H3;1H. The quantitative estimate of drug-likeness (QED) is 0.584. The summed E-state index contributed by atoms with van der Waals surface area (Å²) in [6.45, 7) is 1.08. The molecule has 0 aromatic rings. The summed E-state index contributed by atoms with van der Waals surface area (Å²) in [5, 5.41) is 0. The Bertz CT molecular complexity index is 45.6. The van der Waals surface area contributed by atoms with E-state index in [4.69, 9.17) is 0 Å². The highest BCUT2D eigenvalue weighted by Crippen LogP contribution is 2.17. The van der Waals surface area contributed by atoms with Gasteiger partial charge < -0.3 is 5.73 Å². The van der Waals surface area contributed by atoms with E-state index in [1.54, 1.807) is 0 Å². The smallest absolute Gasteiger partial charge is 0.333 e. The Morgan fingerprint density at radius 1 is 1.22 bits per heavy atom. The van der Waals surface area contributed by atoms with Crippen LogP contribution in [0.2, 0.25) is 0 Å². The minimum Gasteiger partial charge on any atom is -0.333 e. The van der Waals surface area contributed by atoms with Crippen molar-refractivity contribution in [2.45, 2.75) is 19.5 Å². The number of hydrogen-bond acceptors (Lipinski definition) is 1. The molecule has 60 valence electrons. The molecular formula is C4H11ClF3N. The molecule has 0 aromatic carbocycles. The van der Waals surface area contributed by atoms with Gasteiger partial charge in [0.25, 0.3) is 0 Å². The Hall–Kier alpha value is 0.0400. The molecule has 0 bridgehead atoms. The van der Waals surface area contributed by atoms with Gasteiger partial charge in [-0.1, -0.05) is 6.92 Å². The minimum absolute atomic E-state index is 0. The van der Waals surface area contributed by atoms with Crippen molar-refractivity contribution in [1.29, 1.82) is 0 Å². The SMILES string of the molecule is CCC(F)(F)F.CN.Cl. The van der Waals surface area contributed by atoms with E-state index >= 15 is 0 Å². The molecule has 0 aliphatic carbocycles. The highest BCUT2D eigenvalue weighted by atomic mass is 35.5. The van der Waals surface area contributed by atoms with Gasteiger partial charge in [-0.25, -0.2) is 0 Å². The first-order valence-electron chi connectivity index (χ1n) is 2.20. The maximum Gasteiger partial charge on any atom is 0.388 e. The van der Waals surface area contributed by atoms with Crippen molar-refractivity contribution < 1.29 is 13.2 Å². The van der Waals surface area contributed by atoms with Crippen molar-refractivity contribution in [2.24, 2.45) is 5.73 Å². The molecule has 0 aromatic heterocycles. The van der Waals surface area contributed by atoms with Crippen LogP contribution in [0.5, 0.6) is 0 Å². The maximum absolute atomic E-state index is 10.8. The second-order valence-electron chi connectivity index (χ2n) is 0.969. The number of alkyl halides is 3. The van der Waals surface area contributed by atoms with Crippen LogP contribution < -0.4 is 5.73 Å². The van der Waals surface area contributed by atoms with Crippen LogP contribution in [0.15, 0.2) is 0 Å². The fourth-order valence-corrected chi connectivity index (χ4v) is 0. The van der Waals surface area contributed by atoms with Gasteiger partial charge in [0, 0.05) is 6.42 Å². The molecular weight excluding hydrogens is 154 g/mol. The zero-order valence-electron chi connectivity index (χ0n) is 5.33. The van der Waals surface area contributed by atoms with E-state index in [2.05, 4.69) is 5.73 Å². The summed E-state index contributed by atoms with van der Waals surface area (Å²) in [5.74, 6) is 0. The largest absolute Gasteiger partial charge is 0.388 e. The zero-order chi connectivity index (χ0) is 7.21. The molecule has 0 spiro atoms. The molecule has 0 saturated carbocycles. The normalized spacial score (nSPS) is 8.67. The first-order chi connectivity index (χ1) is 3.56. The predicted molar refractivity (Wildman–Crippen MR) is 33.7 cm³/mol. The Kier molecular flexibility index (Phi) is 14.3. The summed E-state index contributed by atoms with van der Waals surface area (Å²) in [7, 11) is 1.50. The molecule has 0 saturated heterocycles. The lowest BCUT2D eigenvalue weighted by Gasteiger charge is -1.96. The van der Waals surface area contributed by atoms with E-state index in [-0.39, 0.29) is 12.4 Å². The second-order valence-corrected chi connectivity index (χ2v) is 0.969. The molecule has 1 nitrogen and oxygen atoms in total. The van der Waals surface area contributed by atoms with Gasteiger partial charge in [-0.2, -0.15) is 13.2 Å². The van der Waals surface area contributed by atoms with Gasteiger partial charge >= 0.3 is 6.18 Å². The van der Waals surface area contributed by atoms with Crippen molar-refractivity contribution in [3.05, 3.63) is 0 Å². The molecule has 0 unspecified atom stereocenters. The van der Waals surface area contributed by atoms with Crippen LogP contribution in [0.3, 0.4) is 0 Å². The minimum atomic E-state index is -3.96. The summed E-state index contributed by atoms with van der Waals surface area (Å²) in [6.07, 6.45) is -4.69. The molecule has 0 aliphatic rings. The molecule has 0 amide bonds. The van der Waals surface area contributed by atoms with Crippen molar-refractivity contribution in [3.8, 4) is 0 Å². The average Bonchev–Trinajstić information content (AvgIpc) is 1.71. The first kappa shape index (κ1) is 16.0. The molecule has 0 aliphatic heterocycles. The Morgan fingerprint density at radius 2 is 1.33 bits per heavy atom. The topological polar surface area (TPSA) is 26.0 Å². The maximum atomic E-state index is 10.8. The third-order valence-electron chi connectivity index (χ3n) is 0.401. The highest BCUT2D eigenvalue weighted by molar-refractivity contribution is 5.85. The summed E-state index contributed by atoms with van der Waals surface area (Å²) in [5.41, 5.74) is 4.50. The van der Waals surface area contributed by atoms with E-state index in [9.17, 15) is 13.2 Å². The molecule has 2 N–H and O–H groups in total. The number of halogens is 4. The van der Waals surface area contributed by atoms with Crippen LogP contribution in [-0.2, 0) is 0 Å². The van der Waals surface area contributed by atoms with E-state index in [1.807, 2.05) is 0 Å². The van der Waals surface area contributed by atoms with Crippen LogP contribution in [0.25, 0.3) is 0 Å². The Labute approximate surface area is 58.8 Å². The van der Waals surface area contributed by atoms with Crippen molar-refractivity contribution in [1.82, 2.24) is 0 Å². The Balaban J connectivity index is -0.000000109. The summed E-state index contributed by atoms with van der Waals surface area (Å²) >= 11 is 0. The van der Waals surface area contributed by atoms with Crippen LogP contribution in [0, 0.1) is 0 Å². The second kappa shape index (κ2) is 8.04. The van der Waals surface area contributed by atoms with Gasteiger partial charge in [-0.15, -0.1) is 12.4 Å². The van der Waals surface area contributed by atoms with E-state index in [1.165, 1.54) is 7.05 Å². The van der Waals surface area contributed by atoms with Crippen LogP contribution >= 0.6 is 12.4 Å². The highest BCUT2D eigenvalue weighted by Gasteiger charge is 2.22. The number of nitrogens with two attached hydrogens (primary N) is 1. The molecule has 0 fully saturated rings. The summed E-state index contributed by atoms with van der Waals surface area (Å²) in [6, 6.07) is 0. The molecule has 9 heavy (non-hydrogen) atoms. The third-order valence-corrected chi connectivity index (χ3v) is 0.401. The lowest BCUT2D eigenvalue weighted by Crippen LogP contribution is -2.02. The number of hydrogen-bond donors (Lipinski definition) is 1. The van der Waals surface area contributed by atoms with E-state index in [0.29, 0.717) is 0 Å². The van der Waals surface area contributed by atoms with Gasteiger partial charge in [0.2, 0.25) is 0 Å². The monoisotopic (exact) mass is 165 g/mol. The van der Waals surface area contributed by atoms with Crippen molar-refractivity contribution in [2.75, 3.05) is 7.05 Å². The molecule has 5 heteroatoms. The van der Waals surface area contributed by atoms with E-state index < -0.39 is 12.6 Å². The fraction of sp³-hybridized carbons (Fsp3) is 1.00. The lowest BCUT2D eigenvalue weighted by molar-refractivity contribution is -0.130. The third kappa shape index (κ3) is 31.7. The summed E-state index contributed by atoms with van der Waals surface area (Å²) in [4.78, 5) is 0. The number of rotatable bonds is 0. The van der Waals surface area contributed by atoms with Crippen molar-refractivity contribution >= 4 is 12.4 Å². The molecule has 0 heterocycles. The molecule has 0 atom stereocenters. The Morgan fingerprint density at radius 3 is 1.33 bits per heavy atom. The van der Waals surface area contributed by atoms with Gasteiger partial charge in [-0.3, -0.25) is 0 Å². The zero-order valence-corrected chi connectivity index (χ0v) is 6.14. The van der Waals surface area contributed by atoms with Gasteiger partial charge in [-0.05, 0) is 7.05 Å². The van der Waals surface area contributed by atoms with Crippen molar-refractivity contribution in [3.63, 3.8) is 0 Å². The van der Waals surface area contributed by atoms with Gasteiger partial charge in [0.05, 0.1) is 0 Å². The first-order valence-corrected chi connectivity index (χ1v) is 2.20. The van der Waals surface area contributed by atoms with Crippen LogP contribution in [0.4, 0.5) is 13.2 Å². The van der Waals surface area contributed by atoms with Crippen LogP contribution in [-0.4, -0.2) is 13.2 Å². The van der Waals surface area contributed by atoms with E-state index in [0.717, 1.165) is 6.92 Å². The average molecular weight is 166 g/mol. The molecule has 0 radical (unpaired) electrons. The fourth-order valence-electron chi connectivity index (χ4n) is 0. The van der Waals surface area contributed by atoms with Crippen LogP contribution in [0.1, 0.15) is 13.3 Å². The lowest BCUT2D eigenvalue weighted by atomic mass is 10.5. The summed E-state index contributed by atoms with van der Waals surface area (Å²) < 4.78 is 32.4. The predicted octanol–water partition coefficient (Wildman–Crippen LogP) is 1.96.